The number of aliphatic carboxylic acids is 1. The zero-order valence-electron chi connectivity index (χ0n) is 8.50. The van der Waals surface area contributed by atoms with Crippen LogP contribution in [0.5, 0.6) is 0 Å². The van der Waals surface area contributed by atoms with Gasteiger partial charge < -0.3 is 10.2 Å². The van der Waals surface area contributed by atoms with Crippen molar-refractivity contribution in [1.29, 1.82) is 0 Å². The first-order valence-electron chi connectivity index (χ1n) is 4.91. The Morgan fingerprint density at radius 1 is 1.38 bits per heavy atom. The molecule has 0 aliphatic carbocycles. The molecule has 0 fully saturated rings. The van der Waals surface area contributed by atoms with Crippen molar-refractivity contribution in [2.75, 3.05) is 0 Å². The van der Waals surface area contributed by atoms with E-state index >= 15 is 0 Å². The van der Waals surface area contributed by atoms with Gasteiger partial charge in [0.15, 0.2) is 0 Å². The number of benzene rings is 1. The van der Waals surface area contributed by atoms with Gasteiger partial charge in [-0.1, -0.05) is 18.2 Å². The predicted octanol–water partition coefficient (Wildman–Crippen LogP) is 1.74. The highest BCUT2D eigenvalue weighted by atomic mass is 16.4. The molecule has 0 amide bonds. The number of aromatic nitrogens is 1. The van der Waals surface area contributed by atoms with Gasteiger partial charge in [-0.05, 0) is 12.1 Å². The molecule has 16 heavy (non-hydrogen) atoms. The lowest BCUT2D eigenvalue weighted by Gasteiger charge is -2.08. The van der Waals surface area contributed by atoms with Crippen LogP contribution in [0.3, 0.4) is 0 Å². The summed E-state index contributed by atoms with van der Waals surface area (Å²) in [7, 11) is 0. The normalized spacial score (nSPS) is 12.6. The molecule has 0 aliphatic heterocycles. The average molecular weight is 217 g/mol. The molecule has 1 aromatic carbocycles. The summed E-state index contributed by atoms with van der Waals surface area (Å²) in [6, 6.07) is 9.25. The molecule has 0 spiro atoms. The maximum Gasteiger partial charge on any atom is 0.306 e. The number of carbonyl (C=O) groups is 1. The quantitative estimate of drug-likeness (QED) is 0.821. The van der Waals surface area contributed by atoms with Crippen LogP contribution in [0.1, 0.15) is 18.1 Å². The van der Waals surface area contributed by atoms with E-state index < -0.39 is 12.1 Å². The number of carboxylic acids is 1. The van der Waals surface area contributed by atoms with Crippen LogP contribution in [-0.4, -0.2) is 21.2 Å². The molecule has 1 atom stereocenters. The molecule has 1 aromatic heterocycles. The standard InChI is InChI=1S/C12H11NO3/c14-11(6-12(15)16)9-5-8-3-1-2-4-10(8)13-7-9/h1-5,7,11,14H,6H2,(H,15,16). The van der Waals surface area contributed by atoms with Gasteiger partial charge in [-0.25, -0.2) is 0 Å². The summed E-state index contributed by atoms with van der Waals surface area (Å²) in [4.78, 5) is 14.6. The Kier molecular flexibility index (Phi) is 2.83. The number of aliphatic hydroxyl groups excluding tert-OH is 1. The van der Waals surface area contributed by atoms with E-state index in [1.165, 1.54) is 6.20 Å². The molecule has 0 radical (unpaired) electrons. The summed E-state index contributed by atoms with van der Waals surface area (Å²) >= 11 is 0. The molecule has 1 unspecified atom stereocenters. The average Bonchev–Trinajstić information content (AvgIpc) is 2.27. The molecule has 4 heteroatoms. The van der Waals surface area contributed by atoms with Crippen molar-refractivity contribution >= 4 is 16.9 Å². The largest absolute Gasteiger partial charge is 0.481 e. The van der Waals surface area contributed by atoms with Gasteiger partial charge in [0.25, 0.3) is 0 Å². The van der Waals surface area contributed by atoms with Gasteiger partial charge in [-0.3, -0.25) is 9.78 Å². The van der Waals surface area contributed by atoms with E-state index in [0.717, 1.165) is 10.9 Å². The molecule has 1 heterocycles. The van der Waals surface area contributed by atoms with Crippen molar-refractivity contribution in [1.82, 2.24) is 4.98 Å². The summed E-state index contributed by atoms with van der Waals surface area (Å²) in [5, 5.41) is 19.1. The lowest BCUT2D eigenvalue weighted by Crippen LogP contribution is -2.05. The van der Waals surface area contributed by atoms with E-state index in [-0.39, 0.29) is 6.42 Å². The fraction of sp³-hybridized carbons (Fsp3) is 0.167. The van der Waals surface area contributed by atoms with E-state index in [0.29, 0.717) is 5.56 Å². The Hall–Kier alpha value is -1.94. The number of nitrogens with zero attached hydrogens (tertiary/aromatic N) is 1. The second kappa shape index (κ2) is 4.28. The van der Waals surface area contributed by atoms with Crippen molar-refractivity contribution in [3.63, 3.8) is 0 Å². The summed E-state index contributed by atoms with van der Waals surface area (Å²) < 4.78 is 0. The molecule has 2 N–H and O–H groups in total. The van der Waals surface area contributed by atoms with Crippen LogP contribution < -0.4 is 0 Å². The number of rotatable bonds is 3. The third-order valence-corrected chi connectivity index (χ3v) is 2.36. The number of pyridine rings is 1. The van der Waals surface area contributed by atoms with Gasteiger partial charge in [-0.2, -0.15) is 0 Å². The molecule has 2 rings (SSSR count). The zero-order valence-corrected chi connectivity index (χ0v) is 8.50. The number of hydrogen-bond donors (Lipinski definition) is 2. The second-order valence-electron chi connectivity index (χ2n) is 3.58. The third kappa shape index (κ3) is 2.17. The summed E-state index contributed by atoms with van der Waals surface area (Å²) in [6.45, 7) is 0. The van der Waals surface area contributed by atoms with Crippen LogP contribution in [-0.2, 0) is 4.79 Å². The number of aliphatic hydroxyl groups is 1. The van der Waals surface area contributed by atoms with Crippen molar-refractivity contribution in [3.05, 3.63) is 42.1 Å². The molecule has 2 aromatic rings. The van der Waals surface area contributed by atoms with E-state index in [4.69, 9.17) is 5.11 Å². The van der Waals surface area contributed by atoms with Crippen molar-refractivity contribution in [2.24, 2.45) is 0 Å². The molecule has 0 saturated heterocycles. The molecule has 82 valence electrons. The van der Waals surface area contributed by atoms with Gasteiger partial charge in [0.1, 0.15) is 0 Å². The number of para-hydroxylation sites is 1. The molecular formula is C12H11NO3. The third-order valence-electron chi connectivity index (χ3n) is 2.36. The van der Waals surface area contributed by atoms with Gasteiger partial charge in [0, 0.05) is 17.1 Å². The van der Waals surface area contributed by atoms with Gasteiger partial charge >= 0.3 is 5.97 Å². The number of fused-ring (bicyclic) bond motifs is 1. The topological polar surface area (TPSA) is 70.4 Å². The maximum absolute atomic E-state index is 10.5. The zero-order chi connectivity index (χ0) is 11.5. The first kappa shape index (κ1) is 10.6. The van der Waals surface area contributed by atoms with E-state index in [9.17, 15) is 9.90 Å². The Morgan fingerprint density at radius 3 is 2.88 bits per heavy atom. The minimum Gasteiger partial charge on any atom is -0.481 e. The first-order valence-corrected chi connectivity index (χ1v) is 4.91. The molecule has 0 bridgehead atoms. The Labute approximate surface area is 92.2 Å². The van der Waals surface area contributed by atoms with Crippen molar-refractivity contribution in [3.8, 4) is 0 Å². The smallest absolute Gasteiger partial charge is 0.306 e. The van der Waals surface area contributed by atoms with Gasteiger partial charge in [0.2, 0.25) is 0 Å². The van der Waals surface area contributed by atoms with Crippen LogP contribution in [0.25, 0.3) is 10.9 Å². The Morgan fingerprint density at radius 2 is 2.12 bits per heavy atom. The monoisotopic (exact) mass is 217 g/mol. The highest BCUT2D eigenvalue weighted by Crippen LogP contribution is 2.20. The predicted molar refractivity (Wildman–Crippen MR) is 59.0 cm³/mol. The minimum absolute atomic E-state index is 0.306. The van der Waals surface area contributed by atoms with Crippen LogP contribution in [0.2, 0.25) is 0 Å². The Bertz CT molecular complexity index is 524. The summed E-state index contributed by atoms with van der Waals surface area (Å²) in [5.41, 5.74) is 1.36. The lowest BCUT2D eigenvalue weighted by molar-refractivity contribution is -0.139. The molecule has 0 aliphatic rings. The van der Waals surface area contributed by atoms with Crippen LogP contribution in [0.4, 0.5) is 0 Å². The second-order valence-corrected chi connectivity index (χ2v) is 3.58. The van der Waals surface area contributed by atoms with Crippen LogP contribution in [0.15, 0.2) is 36.5 Å². The summed E-state index contributed by atoms with van der Waals surface area (Å²) in [5.74, 6) is -1.03. The van der Waals surface area contributed by atoms with E-state index in [2.05, 4.69) is 4.98 Å². The van der Waals surface area contributed by atoms with Crippen molar-refractivity contribution < 1.29 is 15.0 Å². The molecular weight excluding hydrogens is 206 g/mol. The van der Waals surface area contributed by atoms with Crippen LogP contribution in [0, 0.1) is 0 Å². The first-order chi connectivity index (χ1) is 7.66. The minimum atomic E-state index is -1.03. The van der Waals surface area contributed by atoms with Gasteiger partial charge in [0.05, 0.1) is 18.0 Å². The maximum atomic E-state index is 10.5. The SMILES string of the molecule is O=C(O)CC(O)c1cnc2ccccc2c1. The van der Waals surface area contributed by atoms with E-state index in [1.807, 2.05) is 24.3 Å². The van der Waals surface area contributed by atoms with Crippen molar-refractivity contribution in [2.45, 2.75) is 12.5 Å². The lowest BCUT2D eigenvalue weighted by atomic mass is 10.1. The fourth-order valence-corrected chi connectivity index (χ4v) is 1.55. The number of carboxylic acid groups (broad SMARTS) is 1. The van der Waals surface area contributed by atoms with E-state index in [1.54, 1.807) is 6.07 Å². The Balaban J connectivity index is 2.35. The fourth-order valence-electron chi connectivity index (χ4n) is 1.55. The number of hydrogen-bond acceptors (Lipinski definition) is 3. The van der Waals surface area contributed by atoms with Gasteiger partial charge in [-0.15, -0.1) is 0 Å². The highest BCUT2D eigenvalue weighted by Gasteiger charge is 2.12. The summed E-state index contributed by atoms with van der Waals surface area (Å²) in [6.07, 6.45) is 0.199. The molecule has 0 saturated carbocycles. The van der Waals surface area contributed by atoms with Crippen LogP contribution >= 0.6 is 0 Å². The molecule has 4 nitrogen and oxygen atoms in total. The highest BCUT2D eigenvalue weighted by molar-refractivity contribution is 5.79.